The normalized spacial score (nSPS) is 11.9. The lowest BCUT2D eigenvalue weighted by Crippen LogP contribution is -2.28. The zero-order valence-electron chi connectivity index (χ0n) is 20.2. The maximum absolute atomic E-state index is 12.1. The number of esters is 1. The molecule has 0 fully saturated rings. The summed E-state index contributed by atoms with van der Waals surface area (Å²) in [6.45, 7) is 6.62. The van der Waals surface area contributed by atoms with Gasteiger partial charge in [-0.3, -0.25) is 0 Å². The van der Waals surface area contributed by atoms with Crippen LogP contribution >= 0.6 is 0 Å². The monoisotopic (exact) mass is 475 g/mol. The van der Waals surface area contributed by atoms with Crippen molar-refractivity contribution in [1.29, 1.82) is 0 Å². The molecule has 0 spiro atoms. The standard InChI is InChI=1S/C28H29NO6/c1-4-31-27(28(30)32-5-2)17-20-6-12-23(13-7-20)33-18-24-14-15-25(34-24)21-8-10-22(11-9-21)26-16-19(3)29-35-26/h6-16,27H,4-5,17-18H2,1-3H3. The summed E-state index contributed by atoms with van der Waals surface area (Å²) in [5.74, 6) is 2.59. The molecule has 0 aliphatic heterocycles. The Labute approximate surface area is 204 Å². The summed E-state index contributed by atoms with van der Waals surface area (Å²) in [5, 5.41) is 3.93. The molecule has 0 aliphatic rings. The van der Waals surface area contributed by atoms with E-state index in [1.54, 1.807) is 6.92 Å². The number of benzene rings is 2. The summed E-state index contributed by atoms with van der Waals surface area (Å²) in [6.07, 6.45) is -0.161. The van der Waals surface area contributed by atoms with E-state index in [1.165, 1.54) is 0 Å². The number of carbonyl (C=O) groups is 1. The number of hydrogen-bond donors (Lipinski definition) is 0. The first-order valence-corrected chi connectivity index (χ1v) is 11.7. The summed E-state index contributed by atoms with van der Waals surface area (Å²) >= 11 is 0. The molecule has 0 saturated heterocycles. The predicted molar refractivity (Wildman–Crippen MR) is 131 cm³/mol. The number of hydrogen-bond acceptors (Lipinski definition) is 7. The average molecular weight is 476 g/mol. The van der Waals surface area contributed by atoms with Gasteiger partial charge in [0.25, 0.3) is 0 Å². The molecule has 1 unspecified atom stereocenters. The average Bonchev–Trinajstić information content (AvgIpc) is 3.53. The van der Waals surface area contributed by atoms with E-state index in [2.05, 4.69) is 5.16 Å². The van der Waals surface area contributed by atoms with Crippen molar-refractivity contribution in [3.63, 3.8) is 0 Å². The maximum atomic E-state index is 12.1. The Bertz CT molecular complexity index is 1220. The van der Waals surface area contributed by atoms with Crippen molar-refractivity contribution in [3.05, 3.63) is 83.7 Å². The molecule has 35 heavy (non-hydrogen) atoms. The van der Waals surface area contributed by atoms with E-state index >= 15 is 0 Å². The highest BCUT2D eigenvalue weighted by molar-refractivity contribution is 5.75. The maximum Gasteiger partial charge on any atom is 0.335 e. The second-order valence-corrected chi connectivity index (χ2v) is 8.01. The van der Waals surface area contributed by atoms with Crippen molar-refractivity contribution in [2.24, 2.45) is 0 Å². The fourth-order valence-electron chi connectivity index (χ4n) is 3.65. The van der Waals surface area contributed by atoms with Gasteiger partial charge in [-0.05, 0) is 50.6 Å². The summed E-state index contributed by atoms with van der Waals surface area (Å²) in [5.41, 5.74) is 3.74. The summed E-state index contributed by atoms with van der Waals surface area (Å²) in [4.78, 5) is 12.1. The quantitative estimate of drug-likeness (QED) is 0.246. The topological polar surface area (TPSA) is 83.9 Å². The zero-order chi connectivity index (χ0) is 24.6. The van der Waals surface area contributed by atoms with Crippen LogP contribution in [0.5, 0.6) is 5.75 Å². The van der Waals surface area contributed by atoms with E-state index in [9.17, 15) is 4.79 Å². The van der Waals surface area contributed by atoms with Crippen molar-refractivity contribution in [1.82, 2.24) is 5.16 Å². The smallest absolute Gasteiger partial charge is 0.335 e. The third kappa shape index (κ3) is 6.39. The number of furan rings is 1. The van der Waals surface area contributed by atoms with E-state index in [0.29, 0.717) is 32.0 Å². The van der Waals surface area contributed by atoms with Crippen LogP contribution in [0.4, 0.5) is 0 Å². The number of rotatable bonds is 11. The lowest BCUT2D eigenvalue weighted by atomic mass is 10.1. The van der Waals surface area contributed by atoms with Gasteiger partial charge in [0.1, 0.15) is 23.9 Å². The first kappa shape index (κ1) is 24.3. The van der Waals surface area contributed by atoms with Gasteiger partial charge in [0.2, 0.25) is 0 Å². The third-order valence-corrected chi connectivity index (χ3v) is 5.39. The predicted octanol–water partition coefficient (Wildman–Crippen LogP) is 6.00. The van der Waals surface area contributed by atoms with Crippen LogP contribution in [-0.4, -0.2) is 30.4 Å². The van der Waals surface area contributed by atoms with Crippen molar-refractivity contribution >= 4 is 5.97 Å². The number of carbonyl (C=O) groups excluding carboxylic acids is 1. The minimum Gasteiger partial charge on any atom is -0.486 e. The van der Waals surface area contributed by atoms with E-state index in [-0.39, 0.29) is 5.97 Å². The van der Waals surface area contributed by atoms with Gasteiger partial charge in [-0.2, -0.15) is 0 Å². The second-order valence-electron chi connectivity index (χ2n) is 8.01. The lowest BCUT2D eigenvalue weighted by Gasteiger charge is -2.15. The van der Waals surface area contributed by atoms with E-state index in [1.807, 2.05) is 80.6 Å². The number of aromatic nitrogens is 1. The molecule has 182 valence electrons. The summed E-state index contributed by atoms with van der Waals surface area (Å²) < 4.78 is 27.8. The summed E-state index contributed by atoms with van der Waals surface area (Å²) in [7, 11) is 0. The lowest BCUT2D eigenvalue weighted by molar-refractivity contribution is -0.156. The van der Waals surface area contributed by atoms with Gasteiger partial charge in [0.05, 0.1) is 12.3 Å². The molecule has 2 aromatic heterocycles. The first-order chi connectivity index (χ1) is 17.1. The van der Waals surface area contributed by atoms with Gasteiger partial charge in [-0.15, -0.1) is 0 Å². The Morgan fingerprint density at radius 1 is 0.914 bits per heavy atom. The Morgan fingerprint density at radius 2 is 1.63 bits per heavy atom. The highest BCUT2D eigenvalue weighted by Gasteiger charge is 2.20. The highest BCUT2D eigenvalue weighted by atomic mass is 16.6. The zero-order valence-corrected chi connectivity index (χ0v) is 20.2. The van der Waals surface area contributed by atoms with Crippen LogP contribution in [0.3, 0.4) is 0 Å². The Morgan fingerprint density at radius 3 is 2.26 bits per heavy atom. The van der Waals surface area contributed by atoms with E-state index < -0.39 is 6.10 Å². The molecule has 4 rings (SSSR count). The number of nitrogens with zero attached hydrogens (tertiary/aromatic N) is 1. The van der Waals surface area contributed by atoms with Crippen LogP contribution in [0, 0.1) is 6.92 Å². The van der Waals surface area contributed by atoms with Crippen molar-refractivity contribution in [2.75, 3.05) is 13.2 Å². The fraction of sp³-hybridized carbons (Fsp3) is 0.286. The van der Waals surface area contributed by atoms with Crippen molar-refractivity contribution < 1.29 is 27.9 Å². The molecular weight excluding hydrogens is 446 g/mol. The fourth-order valence-corrected chi connectivity index (χ4v) is 3.65. The molecule has 2 heterocycles. The number of aryl methyl sites for hydroxylation is 1. The molecule has 0 saturated carbocycles. The largest absolute Gasteiger partial charge is 0.486 e. The van der Waals surface area contributed by atoms with Crippen molar-refractivity contribution in [3.8, 4) is 28.4 Å². The van der Waals surface area contributed by atoms with Gasteiger partial charge < -0.3 is 23.2 Å². The molecule has 0 N–H and O–H groups in total. The van der Waals surface area contributed by atoms with Gasteiger partial charge in [0.15, 0.2) is 11.9 Å². The van der Waals surface area contributed by atoms with Gasteiger partial charge >= 0.3 is 5.97 Å². The van der Waals surface area contributed by atoms with Crippen LogP contribution in [0.15, 0.2) is 75.7 Å². The van der Waals surface area contributed by atoms with Crippen LogP contribution in [0.2, 0.25) is 0 Å². The Hall–Kier alpha value is -3.84. The molecule has 7 heteroatoms. The van der Waals surface area contributed by atoms with Gasteiger partial charge in [-0.1, -0.05) is 41.6 Å². The molecule has 1 atom stereocenters. The van der Waals surface area contributed by atoms with Crippen LogP contribution in [-0.2, 0) is 27.3 Å². The molecule has 0 radical (unpaired) electrons. The molecular formula is C28H29NO6. The van der Waals surface area contributed by atoms with Gasteiger partial charge in [-0.25, -0.2) is 4.79 Å². The molecule has 0 aliphatic carbocycles. The van der Waals surface area contributed by atoms with Gasteiger partial charge in [0, 0.05) is 30.2 Å². The van der Waals surface area contributed by atoms with Crippen molar-refractivity contribution in [2.45, 2.75) is 39.9 Å². The summed E-state index contributed by atoms with van der Waals surface area (Å²) in [6, 6.07) is 21.3. The highest BCUT2D eigenvalue weighted by Crippen LogP contribution is 2.27. The molecule has 0 bridgehead atoms. The number of ether oxygens (including phenoxy) is 3. The molecule has 0 amide bonds. The minimum absolute atomic E-state index is 0.305. The van der Waals surface area contributed by atoms with E-state index in [4.69, 9.17) is 23.2 Å². The molecule has 4 aromatic rings. The minimum atomic E-state index is -0.609. The van der Waals surface area contributed by atoms with Crippen LogP contribution < -0.4 is 4.74 Å². The molecule has 7 nitrogen and oxygen atoms in total. The van der Waals surface area contributed by atoms with Crippen LogP contribution in [0.25, 0.3) is 22.6 Å². The third-order valence-electron chi connectivity index (χ3n) is 5.39. The Kier molecular flexibility index (Phi) is 8.00. The van der Waals surface area contributed by atoms with Crippen LogP contribution in [0.1, 0.15) is 30.9 Å². The molecule has 2 aromatic carbocycles. The first-order valence-electron chi connectivity index (χ1n) is 11.7. The SMILES string of the molecule is CCOC(=O)C(Cc1ccc(OCc2ccc(-c3ccc(-c4cc(C)no4)cc3)o2)cc1)OCC. The Balaban J connectivity index is 1.32. The van der Waals surface area contributed by atoms with E-state index in [0.717, 1.165) is 39.7 Å². The second kappa shape index (κ2) is 11.5.